The SMILES string of the molecule is C[C@H](C[C@@H](/C=C/C(=O)OC(C)(C)C)CO[Si](C)(C)C(C)(C)C)OC(=O)/C=C/C[C@@H](C)OC1CCCCO1. The smallest absolute Gasteiger partial charge is 0.330 e. The molecule has 1 heterocycles. The number of esters is 2. The van der Waals surface area contributed by atoms with E-state index in [0.717, 1.165) is 25.9 Å². The summed E-state index contributed by atoms with van der Waals surface area (Å²) in [6.07, 6.45) is 10.2. The van der Waals surface area contributed by atoms with Crippen molar-refractivity contribution in [3.8, 4) is 0 Å². The van der Waals surface area contributed by atoms with Crippen LogP contribution in [0.5, 0.6) is 0 Å². The molecule has 4 atom stereocenters. The van der Waals surface area contributed by atoms with Crippen LogP contribution in [-0.4, -0.2) is 57.6 Å². The summed E-state index contributed by atoms with van der Waals surface area (Å²) in [6.45, 7) is 21.5. The summed E-state index contributed by atoms with van der Waals surface area (Å²) in [6, 6.07) is 0. The average molecular weight is 541 g/mol. The Balaban J connectivity index is 2.66. The van der Waals surface area contributed by atoms with E-state index in [2.05, 4.69) is 33.9 Å². The highest BCUT2D eigenvalue weighted by molar-refractivity contribution is 6.74. The minimum atomic E-state index is -1.98. The molecule has 37 heavy (non-hydrogen) atoms. The van der Waals surface area contributed by atoms with E-state index in [1.807, 2.05) is 40.7 Å². The molecule has 0 radical (unpaired) electrons. The molecule has 1 rings (SSSR count). The van der Waals surface area contributed by atoms with Crippen molar-refractivity contribution in [3.05, 3.63) is 24.3 Å². The highest BCUT2D eigenvalue weighted by Crippen LogP contribution is 2.37. The van der Waals surface area contributed by atoms with Crippen LogP contribution in [0, 0.1) is 5.92 Å². The maximum Gasteiger partial charge on any atom is 0.330 e. The molecule has 1 aliphatic heterocycles. The summed E-state index contributed by atoms with van der Waals surface area (Å²) in [4.78, 5) is 24.6. The minimum Gasteiger partial charge on any atom is -0.459 e. The largest absolute Gasteiger partial charge is 0.459 e. The molecule has 1 unspecified atom stereocenters. The van der Waals surface area contributed by atoms with Crippen LogP contribution < -0.4 is 0 Å². The van der Waals surface area contributed by atoms with Crippen molar-refractivity contribution < 1.29 is 33.0 Å². The Morgan fingerprint density at radius 1 is 1.00 bits per heavy atom. The van der Waals surface area contributed by atoms with E-state index >= 15 is 0 Å². The first kappa shape index (κ1) is 33.5. The minimum absolute atomic E-state index is 0.0422. The Bertz CT molecular complexity index is 755. The van der Waals surface area contributed by atoms with Gasteiger partial charge in [-0.15, -0.1) is 0 Å². The lowest BCUT2D eigenvalue weighted by molar-refractivity contribution is -0.183. The zero-order valence-corrected chi connectivity index (χ0v) is 25.9. The highest BCUT2D eigenvalue weighted by atomic mass is 28.4. The zero-order chi connectivity index (χ0) is 28.3. The van der Waals surface area contributed by atoms with Gasteiger partial charge < -0.3 is 23.4 Å². The molecule has 0 amide bonds. The van der Waals surface area contributed by atoms with Crippen molar-refractivity contribution in [1.29, 1.82) is 0 Å². The third-order valence-corrected chi connectivity index (χ3v) is 11.1. The zero-order valence-electron chi connectivity index (χ0n) is 24.9. The predicted molar refractivity (Wildman–Crippen MR) is 150 cm³/mol. The van der Waals surface area contributed by atoms with Crippen LogP contribution in [-0.2, 0) is 33.0 Å². The van der Waals surface area contributed by atoms with Gasteiger partial charge in [-0.1, -0.05) is 32.9 Å². The Hall–Kier alpha value is -1.48. The normalized spacial score (nSPS) is 20.1. The lowest BCUT2D eigenvalue weighted by Crippen LogP contribution is -2.42. The van der Waals surface area contributed by atoms with Gasteiger partial charge >= 0.3 is 11.9 Å². The van der Waals surface area contributed by atoms with Crippen LogP contribution in [0.1, 0.15) is 87.5 Å². The number of rotatable bonds is 13. The second-order valence-electron chi connectivity index (χ2n) is 12.6. The molecule has 0 N–H and O–H groups in total. The Kier molecular flexibility index (Phi) is 13.8. The topological polar surface area (TPSA) is 80.3 Å². The lowest BCUT2D eigenvalue weighted by Gasteiger charge is -2.37. The van der Waals surface area contributed by atoms with Gasteiger partial charge in [0.25, 0.3) is 0 Å². The summed E-state index contributed by atoms with van der Waals surface area (Å²) in [5, 5.41) is 0.0687. The van der Waals surface area contributed by atoms with Crippen molar-refractivity contribution >= 4 is 20.3 Å². The van der Waals surface area contributed by atoms with Crippen LogP contribution in [0.2, 0.25) is 18.1 Å². The second kappa shape index (κ2) is 15.2. The van der Waals surface area contributed by atoms with Gasteiger partial charge in [0.15, 0.2) is 14.6 Å². The third kappa shape index (κ3) is 14.9. The molecule has 0 aliphatic carbocycles. The van der Waals surface area contributed by atoms with Crippen LogP contribution in [0.15, 0.2) is 24.3 Å². The number of ether oxygens (including phenoxy) is 4. The number of hydrogen-bond donors (Lipinski definition) is 0. The van der Waals surface area contributed by atoms with E-state index in [0.29, 0.717) is 19.4 Å². The van der Waals surface area contributed by atoms with E-state index in [1.54, 1.807) is 6.08 Å². The van der Waals surface area contributed by atoms with Crippen molar-refractivity contribution in [2.75, 3.05) is 13.2 Å². The van der Waals surface area contributed by atoms with Gasteiger partial charge in [-0.25, -0.2) is 9.59 Å². The first-order valence-corrected chi connectivity index (χ1v) is 16.6. The van der Waals surface area contributed by atoms with Crippen molar-refractivity contribution in [1.82, 2.24) is 0 Å². The van der Waals surface area contributed by atoms with E-state index in [1.165, 1.54) is 12.2 Å². The van der Waals surface area contributed by atoms with Gasteiger partial charge in [0.1, 0.15) is 5.60 Å². The summed E-state index contributed by atoms with van der Waals surface area (Å²) in [5.41, 5.74) is -0.560. The maximum absolute atomic E-state index is 12.4. The fourth-order valence-corrected chi connectivity index (χ4v) is 4.55. The van der Waals surface area contributed by atoms with Crippen LogP contribution >= 0.6 is 0 Å². The van der Waals surface area contributed by atoms with Crippen LogP contribution in [0.25, 0.3) is 0 Å². The molecule has 0 bridgehead atoms. The van der Waals surface area contributed by atoms with Gasteiger partial charge in [0.05, 0.1) is 12.2 Å². The molecule has 8 heteroatoms. The highest BCUT2D eigenvalue weighted by Gasteiger charge is 2.37. The van der Waals surface area contributed by atoms with E-state index in [4.69, 9.17) is 23.4 Å². The van der Waals surface area contributed by atoms with Gasteiger partial charge in [-0.05, 0) is 84.9 Å². The molecule has 0 saturated carbocycles. The van der Waals surface area contributed by atoms with Crippen molar-refractivity contribution in [3.63, 3.8) is 0 Å². The number of hydrogen-bond acceptors (Lipinski definition) is 7. The summed E-state index contributed by atoms with van der Waals surface area (Å²) < 4.78 is 28.9. The Labute approximate surface area is 226 Å². The number of carbonyl (C=O) groups excluding carboxylic acids is 2. The standard InChI is InChI=1S/C29H52O7Si/c1-22(35-27-16-11-12-19-32-27)14-13-15-25(30)34-23(2)20-24(17-18-26(31)36-28(3,4)5)21-33-37(9,10)29(6,7)8/h13,15,17-18,22-24,27H,11-12,14,16,19-21H2,1-10H3/b15-13+,18-17+/t22-,23-,24-,27?/m1/s1. The predicted octanol–water partition coefficient (Wildman–Crippen LogP) is 6.72. The molecule has 1 fully saturated rings. The first-order valence-electron chi connectivity index (χ1n) is 13.7. The van der Waals surface area contributed by atoms with E-state index < -0.39 is 25.9 Å². The molecular formula is C29H52O7Si. The maximum atomic E-state index is 12.4. The molecular weight excluding hydrogens is 488 g/mol. The van der Waals surface area contributed by atoms with Crippen LogP contribution in [0.3, 0.4) is 0 Å². The van der Waals surface area contributed by atoms with E-state index in [-0.39, 0.29) is 29.5 Å². The monoisotopic (exact) mass is 540 g/mol. The number of carbonyl (C=O) groups is 2. The quantitative estimate of drug-likeness (QED) is 0.146. The second-order valence-corrected chi connectivity index (χ2v) is 17.4. The van der Waals surface area contributed by atoms with Crippen molar-refractivity contribution in [2.45, 2.75) is 130 Å². The van der Waals surface area contributed by atoms with Gasteiger partial charge in [-0.3, -0.25) is 0 Å². The molecule has 0 aromatic rings. The van der Waals surface area contributed by atoms with Crippen molar-refractivity contribution in [2.24, 2.45) is 5.92 Å². The Morgan fingerprint density at radius 3 is 2.24 bits per heavy atom. The van der Waals surface area contributed by atoms with Gasteiger partial charge in [0, 0.05) is 31.3 Å². The molecule has 7 nitrogen and oxygen atoms in total. The summed E-state index contributed by atoms with van der Waals surface area (Å²) in [7, 11) is -1.98. The fourth-order valence-electron chi connectivity index (χ4n) is 3.49. The van der Waals surface area contributed by atoms with E-state index in [9.17, 15) is 9.59 Å². The average Bonchev–Trinajstić information content (AvgIpc) is 2.74. The fraction of sp³-hybridized carbons (Fsp3) is 0.793. The molecule has 1 aliphatic rings. The van der Waals surface area contributed by atoms with Gasteiger partial charge in [-0.2, -0.15) is 0 Å². The summed E-state index contributed by atoms with van der Waals surface area (Å²) >= 11 is 0. The lowest BCUT2D eigenvalue weighted by atomic mass is 10.0. The molecule has 0 spiro atoms. The molecule has 0 aromatic carbocycles. The first-order chi connectivity index (χ1) is 17.0. The molecule has 0 aromatic heterocycles. The van der Waals surface area contributed by atoms with Crippen LogP contribution in [0.4, 0.5) is 0 Å². The van der Waals surface area contributed by atoms with Gasteiger partial charge in [0.2, 0.25) is 0 Å². The molecule has 1 saturated heterocycles. The molecule has 214 valence electrons. The summed E-state index contributed by atoms with van der Waals surface area (Å²) in [5.74, 6) is -0.890. The third-order valence-electron chi connectivity index (χ3n) is 6.57. The Morgan fingerprint density at radius 2 is 1.68 bits per heavy atom.